The third kappa shape index (κ3) is 11.5. The molecule has 3 aromatic carbocycles. The molecule has 0 N–H and O–H groups in total. The van der Waals surface area contributed by atoms with Crippen LogP contribution in [0.1, 0.15) is 86.5 Å². The molecule has 1 amide bonds. The number of hydrogen-bond donors (Lipinski definition) is 0. The van der Waals surface area contributed by atoms with E-state index in [1.165, 1.54) is 0 Å². The van der Waals surface area contributed by atoms with Gasteiger partial charge in [-0.2, -0.15) is 0 Å². The van der Waals surface area contributed by atoms with Gasteiger partial charge in [-0.1, -0.05) is 56.2 Å². The van der Waals surface area contributed by atoms with E-state index in [0.29, 0.717) is 80.1 Å². The number of piperidine rings is 1. The molecule has 11 heteroatoms. The average Bonchev–Trinajstić information content (AvgIpc) is 3.27. The Morgan fingerprint density at radius 2 is 1.48 bits per heavy atom. The van der Waals surface area contributed by atoms with Crippen LogP contribution in [0.2, 0.25) is 0 Å². The summed E-state index contributed by atoms with van der Waals surface area (Å²) in [6.45, 7) is 9.31. The van der Waals surface area contributed by atoms with Gasteiger partial charge in [-0.15, -0.1) is 6.58 Å². The van der Waals surface area contributed by atoms with Gasteiger partial charge in [-0.05, 0) is 104 Å². The molecule has 1 saturated heterocycles. The van der Waals surface area contributed by atoms with Crippen LogP contribution in [0.5, 0.6) is 34.5 Å². The zero-order valence-corrected chi connectivity index (χ0v) is 34.7. The van der Waals surface area contributed by atoms with E-state index in [4.69, 9.17) is 37.9 Å². The minimum Gasteiger partial charge on any atom is -0.493 e. The molecule has 1 aliphatic heterocycles. The van der Waals surface area contributed by atoms with Crippen molar-refractivity contribution >= 4 is 11.9 Å². The van der Waals surface area contributed by atoms with E-state index in [1.54, 1.807) is 45.5 Å². The van der Waals surface area contributed by atoms with Gasteiger partial charge in [0.2, 0.25) is 11.7 Å². The molecule has 0 unspecified atom stereocenters. The minimum absolute atomic E-state index is 0.0780. The number of hydrogen-bond acceptors (Lipinski definition) is 10. The number of likely N-dealkylation sites (tertiary alicyclic amines) is 1. The van der Waals surface area contributed by atoms with Crippen molar-refractivity contribution in [2.75, 3.05) is 61.4 Å². The lowest BCUT2D eigenvalue weighted by Crippen LogP contribution is -2.51. The smallest absolute Gasteiger partial charge is 0.329 e. The SMILES string of the molecule is C=CCOCCOc1cc([C@@H](C(=O)N2CCCC[C@@H]2C(=O)O[C@@H](CCc2ccc(OC)c(OC)c2)c2cccc(OCC=C)c2)C2CCCCC2)cc(OC)c1OC. The number of nitrogens with zero attached hydrogens (tertiary/aromatic N) is 1. The molecular formula is C47H61NO10. The molecule has 1 heterocycles. The van der Waals surface area contributed by atoms with Crippen molar-refractivity contribution in [3.63, 3.8) is 0 Å². The molecule has 1 aliphatic carbocycles. The second-order valence-electron chi connectivity index (χ2n) is 14.7. The molecule has 0 radical (unpaired) electrons. The number of methoxy groups -OCH3 is 4. The summed E-state index contributed by atoms with van der Waals surface area (Å²) in [5, 5.41) is 0. The molecule has 0 spiro atoms. The molecule has 1 saturated carbocycles. The Hall–Kier alpha value is -5.16. The molecule has 0 bridgehead atoms. The molecule has 0 aromatic heterocycles. The van der Waals surface area contributed by atoms with Crippen molar-refractivity contribution in [1.82, 2.24) is 4.90 Å². The summed E-state index contributed by atoms with van der Waals surface area (Å²) in [4.78, 5) is 31.5. The van der Waals surface area contributed by atoms with Gasteiger partial charge in [-0.25, -0.2) is 4.79 Å². The van der Waals surface area contributed by atoms with Crippen LogP contribution >= 0.6 is 0 Å². The Kier molecular flexibility index (Phi) is 17.2. The van der Waals surface area contributed by atoms with Gasteiger partial charge >= 0.3 is 5.97 Å². The van der Waals surface area contributed by atoms with Crippen LogP contribution in [0.25, 0.3) is 0 Å². The van der Waals surface area contributed by atoms with Crippen LogP contribution in [-0.2, 0) is 25.5 Å². The zero-order chi connectivity index (χ0) is 41.3. The number of amides is 1. The summed E-state index contributed by atoms with van der Waals surface area (Å²) in [6, 6.07) is 16.5. The highest BCUT2D eigenvalue weighted by molar-refractivity contribution is 5.89. The molecule has 314 valence electrons. The summed E-state index contributed by atoms with van der Waals surface area (Å²) in [6.07, 6.45) is 11.0. The predicted molar refractivity (Wildman–Crippen MR) is 224 cm³/mol. The van der Waals surface area contributed by atoms with Crippen molar-refractivity contribution in [2.45, 2.75) is 82.3 Å². The van der Waals surface area contributed by atoms with E-state index in [1.807, 2.05) is 54.6 Å². The number of carbonyl (C=O) groups is 2. The topological polar surface area (TPSA) is 111 Å². The fourth-order valence-electron chi connectivity index (χ4n) is 8.12. The van der Waals surface area contributed by atoms with Crippen molar-refractivity contribution in [2.24, 2.45) is 5.92 Å². The monoisotopic (exact) mass is 799 g/mol. The standard InChI is InChI=1S/C47H61NO10/c1-7-25-55-27-28-57-43-32-36(31-42(53-5)45(43)54-6)44(34-15-10-9-11-16-34)46(49)48-24-13-12-19-38(48)47(50)58-39(35-17-14-18-37(30-35)56-26-8-2)22-20-33-21-23-40(51-3)41(29-33)52-4/h7-8,14,17-18,21,23,29-32,34,38-39,44H,1-2,9-13,15-16,19-20,22,24-28H2,3-6H3/t38-,39+,44+/m1/s1. The van der Waals surface area contributed by atoms with Crippen molar-refractivity contribution < 1.29 is 47.5 Å². The molecule has 2 aliphatic rings. The molecule has 11 nitrogen and oxygen atoms in total. The highest BCUT2D eigenvalue weighted by Crippen LogP contribution is 2.45. The van der Waals surface area contributed by atoms with Crippen molar-refractivity contribution in [3.05, 3.63) is 96.6 Å². The summed E-state index contributed by atoms with van der Waals surface area (Å²) < 4.78 is 46.6. The normalized spacial score (nSPS) is 16.7. The number of aryl methyl sites for hydroxylation is 1. The first-order chi connectivity index (χ1) is 28.3. The van der Waals surface area contributed by atoms with Crippen LogP contribution in [0, 0.1) is 5.92 Å². The van der Waals surface area contributed by atoms with E-state index in [9.17, 15) is 4.79 Å². The summed E-state index contributed by atoms with van der Waals surface area (Å²) in [7, 11) is 6.36. The lowest BCUT2D eigenvalue weighted by molar-refractivity contribution is -0.163. The highest BCUT2D eigenvalue weighted by atomic mass is 16.6. The van der Waals surface area contributed by atoms with Gasteiger partial charge in [0.15, 0.2) is 23.0 Å². The summed E-state index contributed by atoms with van der Waals surface area (Å²) in [5.41, 5.74) is 2.58. The highest BCUT2D eigenvalue weighted by Gasteiger charge is 2.41. The molecule has 58 heavy (non-hydrogen) atoms. The van der Waals surface area contributed by atoms with Crippen LogP contribution in [0.15, 0.2) is 79.9 Å². The summed E-state index contributed by atoms with van der Waals surface area (Å²) >= 11 is 0. The maximum absolute atomic E-state index is 15.2. The lowest BCUT2D eigenvalue weighted by Gasteiger charge is -2.40. The van der Waals surface area contributed by atoms with Gasteiger partial charge in [-0.3, -0.25) is 4.79 Å². The fourth-order valence-corrected chi connectivity index (χ4v) is 8.12. The number of esters is 1. The zero-order valence-electron chi connectivity index (χ0n) is 34.7. The van der Waals surface area contributed by atoms with Gasteiger partial charge in [0, 0.05) is 6.54 Å². The largest absolute Gasteiger partial charge is 0.493 e. The van der Waals surface area contributed by atoms with Crippen LogP contribution < -0.4 is 28.4 Å². The van der Waals surface area contributed by atoms with Crippen LogP contribution in [0.3, 0.4) is 0 Å². The molecule has 5 rings (SSSR count). The van der Waals surface area contributed by atoms with Gasteiger partial charge < -0.3 is 42.8 Å². The third-order valence-electron chi connectivity index (χ3n) is 11.0. The Labute approximate surface area is 344 Å². The quantitative estimate of drug-likeness (QED) is 0.0556. The van der Waals surface area contributed by atoms with E-state index in [-0.39, 0.29) is 18.4 Å². The van der Waals surface area contributed by atoms with E-state index < -0.39 is 24.0 Å². The lowest BCUT2D eigenvalue weighted by atomic mass is 9.75. The second-order valence-corrected chi connectivity index (χ2v) is 14.7. The fraction of sp³-hybridized carbons (Fsp3) is 0.489. The predicted octanol–water partition coefficient (Wildman–Crippen LogP) is 8.83. The maximum atomic E-state index is 15.2. The third-order valence-corrected chi connectivity index (χ3v) is 11.0. The average molecular weight is 800 g/mol. The van der Waals surface area contributed by atoms with E-state index in [0.717, 1.165) is 61.6 Å². The summed E-state index contributed by atoms with van der Waals surface area (Å²) in [5.74, 6) is 2.37. The maximum Gasteiger partial charge on any atom is 0.329 e. The van der Waals surface area contributed by atoms with Crippen molar-refractivity contribution in [3.8, 4) is 34.5 Å². The van der Waals surface area contributed by atoms with Crippen molar-refractivity contribution in [1.29, 1.82) is 0 Å². The van der Waals surface area contributed by atoms with E-state index >= 15 is 4.79 Å². The Balaban J connectivity index is 1.45. The Morgan fingerprint density at radius 3 is 2.21 bits per heavy atom. The van der Waals surface area contributed by atoms with E-state index in [2.05, 4.69) is 13.2 Å². The Bertz CT molecular complexity index is 1800. The van der Waals surface area contributed by atoms with Gasteiger partial charge in [0.1, 0.15) is 31.1 Å². The van der Waals surface area contributed by atoms with Crippen LogP contribution in [-0.4, -0.2) is 84.2 Å². The number of carbonyl (C=O) groups excluding carboxylic acids is 2. The first kappa shape index (κ1) is 44.0. The molecule has 2 fully saturated rings. The first-order valence-electron chi connectivity index (χ1n) is 20.5. The van der Waals surface area contributed by atoms with Gasteiger partial charge in [0.25, 0.3) is 0 Å². The molecule has 3 aromatic rings. The Morgan fingerprint density at radius 1 is 0.741 bits per heavy atom. The molecular weight excluding hydrogens is 739 g/mol. The first-order valence-corrected chi connectivity index (χ1v) is 20.5. The number of benzene rings is 3. The second kappa shape index (κ2) is 22.7. The van der Waals surface area contributed by atoms with Gasteiger partial charge in [0.05, 0.1) is 47.6 Å². The minimum atomic E-state index is -0.742. The number of rotatable bonds is 22. The molecule has 3 atom stereocenters. The van der Waals surface area contributed by atoms with Crippen LogP contribution in [0.4, 0.5) is 0 Å². The number of ether oxygens (including phenoxy) is 8.